The Morgan fingerprint density at radius 1 is 0.946 bits per heavy atom. The molecule has 9 heteroatoms. The number of fused-ring (bicyclic) bond motifs is 1. The molecule has 0 bridgehead atoms. The molecule has 0 atom stereocenters. The number of nitrogens with zero attached hydrogens (tertiary/aromatic N) is 2. The molecule has 0 saturated heterocycles. The number of carbonyl (C=O) groups is 1. The van der Waals surface area contributed by atoms with Crippen molar-refractivity contribution >= 4 is 60.2 Å². The van der Waals surface area contributed by atoms with Gasteiger partial charge in [0.2, 0.25) is 5.91 Å². The van der Waals surface area contributed by atoms with Crippen LogP contribution >= 0.6 is 22.7 Å². The van der Waals surface area contributed by atoms with Crippen LogP contribution in [0.15, 0.2) is 83.1 Å². The summed E-state index contributed by atoms with van der Waals surface area (Å²) in [7, 11) is -4.09. The molecule has 3 aromatic carbocycles. The number of aryl methyl sites for hydroxylation is 2. The summed E-state index contributed by atoms with van der Waals surface area (Å²) in [5.74, 6) is -0.465. The fraction of sp³-hybridized carbons (Fsp3) is 0.143. The number of anilines is 2. The van der Waals surface area contributed by atoms with Crippen molar-refractivity contribution in [2.24, 2.45) is 0 Å². The summed E-state index contributed by atoms with van der Waals surface area (Å²) in [6, 6.07) is 22.0. The molecule has 0 spiro atoms. The molecule has 0 saturated carbocycles. The molecule has 0 fully saturated rings. The van der Waals surface area contributed by atoms with E-state index < -0.39 is 15.9 Å². The molecule has 0 radical (unpaired) electrons. The predicted molar refractivity (Wildman–Crippen MR) is 153 cm³/mol. The minimum atomic E-state index is -4.09. The van der Waals surface area contributed by atoms with Crippen molar-refractivity contribution in [2.75, 3.05) is 16.2 Å². The van der Waals surface area contributed by atoms with Crippen LogP contribution in [0.3, 0.4) is 0 Å². The van der Waals surface area contributed by atoms with E-state index in [4.69, 9.17) is 0 Å². The van der Waals surface area contributed by atoms with E-state index in [0.29, 0.717) is 16.2 Å². The molecule has 5 rings (SSSR count). The highest BCUT2D eigenvalue weighted by molar-refractivity contribution is 7.93. The lowest BCUT2D eigenvalue weighted by Crippen LogP contribution is -2.38. The molecule has 188 valence electrons. The fourth-order valence-electron chi connectivity index (χ4n) is 4.15. The van der Waals surface area contributed by atoms with Gasteiger partial charge in [0, 0.05) is 15.6 Å². The van der Waals surface area contributed by atoms with Crippen LogP contribution in [0.1, 0.15) is 16.0 Å². The Morgan fingerprint density at radius 3 is 2.49 bits per heavy atom. The first-order valence-corrected chi connectivity index (χ1v) is 14.8. The van der Waals surface area contributed by atoms with Crippen molar-refractivity contribution in [2.45, 2.75) is 25.7 Å². The smallest absolute Gasteiger partial charge is 0.265 e. The maximum absolute atomic E-state index is 14.1. The minimum absolute atomic E-state index is 0.156. The van der Waals surface area contributed by atoms with Crippen LogP contribution in [-0.4, -0.2) is 25.9 Å². The summed E-state index contributed by atoms with van der Waals surface area (Å²) >= 11 is 2.94. The highest BCUT2D eigenvalue weighted by atomic mass is 32.2. The predicted octanol–water partition coefficient (Wildman–Crippen LogP) is 6.78. The maximum atomic E-state index is 14.1. The second kappa shape index (κ2) is 10.1. The largest absolute Gasteiger partial charge is 0.300 e. The van der Waals surface area contributed by atoms with Gasteiger partial charge in [-0.25, -0.2) is 13.4 Å². The SMILES string of the molecule is Cc1ccc(-c2csc(NC(=O)CN(c3cccc(C)c3C)S(=O)(=O)c3cccc4ccccc34)n2)s1. The number of hydrogen-bond acceptors (Lipinski definition) is 6. The summed E-state index contributed by atoms with van der Waals surface area (Å²) < 4.78 is 29.4. The van der Waals surface area contributed by atoms with Gasteiger partial charge in [-0.1, -0.05) is 48.5 Å². The zero-order valence-electron chi connectivity index (χ0n) is 20.6. The first-order chi connectivity index (χ1) is 17.7. The molecule has 0 unspecified atom stereocenters. The van der Waals surface area contributed by atoms with Crippen molar-refractivity contribution in [1.82, 2.24) is 4.98 Å². The number of thiazole rings is 1. The standard InChI is InChI=1S/C28H25N3O3S3/c1-18-8-6-12-24(20(18)3)31(37(33,34)26-13-7-10-21-9-4-5-11-22(21)26)16-27(32)30-28-29-23(17-35-28)25-15-14-19(2)36-25/h4-15,17H,16H2,1-3H3,(H,29,30,32). The third-order valence-electron chi connectivity index (χ3n) is 6.19. The molecule has 0 aliphatic carbocycles. The van der Waals surface area contributed by atoms with Gasteiger partial charge in [0.05, 0.1) is 21.2 Å². The Morgan fingerprint density at radius 2 is 1.70 bits per heavy atom. The van der Waals surface area contributed by atoms with Gasteiger partial charge in [-0.2, -0.15) is 0 Å². The Bertz CT molecular complexity index is 1720. The van der Waals surface area contributed by atoms with Crippen molar-refractivity contribution in [3.05, 3.63) is 94.2 Å². The lowest BCUT2D eigenvalue weighted by Gasteiger charge is -2.26. The fourth-order valence-corrected chi connectivity index (χ4v) is 7.48. The Balaban J connectivity index is 1.50. The highest BCUT2D eigenvalue weighted by Crippen LogP contribution is 2.33. The van der Waals surface area contributed by atoms with Crippen LogP contribution in [-0.2, 0) is 14.8 Å². The summed E-state index contributed by atoms with van der Waals surface area (Å²) in [6.45, 7) is 5.43. The van der Waals surface area contributed by atoms with E-state index in [-0.39, 0.29) is 11.4 Å². The quantitative estimate of drug-likeness (QED) is 0.243. The lowest BCUT2D eigenvalue weighted by molar-refractivity contribution is -0.114. The average molecular weight is 548 g/mol. The third-order valence-corrected chi connectivity index (χ3v) is 9.79. The molecule has 2 aromatic heterocycles. The van der Waals surface area contributed by atoms with Gasteiger partial charge in [-0.15, -0.1) is 22.7 Å². The van der Waals surface area contributed by atoms with Crippen LogP contribution in [0, 0.1) is 20.8 Å². The van der Waals surface area contributed by atoms with E-state index in [9.17, 15) is 13.2 Å². The van der Waals surface area contributed by atoms with E-state index in [2.05, 4.69) is 10.3 Å². The van der Waals surface area contributed by atoms with Crippen LogP contribution in [0.5, 0.6) is 0 Å². The Hall–Kier alpha value is -3.53. The van der Waals surface area contributed by atoms with Crippen LogP contribution in [0.2, 0.25) is 0 Å². The molecule has 1 N–H and O–H groups in total. The number of rotatable bonds is 7. The van der Waals surface area contributed by atoms with Crippen molar-refractivity contribution in [3.8, 4) is 10.6 Å². The molecule has 0 aliphatic rings. The third kappa shape index (κ3) is 5.02. The van der Waals surface area contributed by atoms with Gasteiger partial charge in [0.1, 0.15) is 6.54 Å². The molecular weight excluding hydrogens is 523 g/mol. The van der Waals surface area contributed by atoms with Crippen molar-refractivity contribution < 1.29 is 13.2 Å². The molecule has 0 aliphatic heterocycles. The Kier molecular flexibility index (Phi) is 6.85. The van der Waals surface area contributed by atoms with Crippen molar-refractivity contribution in [3.63, 3.8) is 0 Å². The summed E-state index contributed by atoms with van der Waals surface area (Å²) in [4.78, 5) is 20.1. The van der Waals surface area contributed by atoms with Crippen LogP contribution in [0.4, 0.5) is 10.8 Å². The second-order valence-electron chi connectivity index (χ2n) is 8.70. The van der Waals surface area contributed by atoms with Crippen LogP contribution < -0.4 is 9.62 Å². The number of benzene rings is 3. The van der Waals surface area contributed by atoms with E-state index in [1.807, 2.05) is 68.6 Å². The minimum Gasteiger partial charge on any atom is -0.300 e. The molecule has 1 amide bonds. The maximum Gasteiger partial charge on any atom is 0.265 e. The molecule has 5 aromatic rings. The number of aromatic nitrogens is 1. The molecule has 2 heterocycles. The first kappa shape index (κ1) is 25.1. The molecule has 37 heavy (non-hydrogen) atoms. The zero-order chi connectivity index (χ0) is 26.2. The van der Waals surface area contributed by atoms with Gasteiger partial charge < -0.3 is 5.32 Å². The zero-order valence-corrected chi connectivity index (χ0v) is 23.0. The van der Waals surface area contributed by atoms with Gasteiger partial charge in [0.25, 0.3) is 10.0 Å². The van der Waals surface area contributed by atoms with E-state index in [0.717, 1.165) is 27.1 Å². The van der Waals surface area contributed by atoms with Gasteiger partial charge in [0.15, 0.2) is 5.13 Å². The summed E-state index contributed by atoms with van der Waals surface area (Å²) in [5.41, 5.74) is 2.99. The topological polar surface area (TPSA) is 79.4 Å². The summed E-state index contributed by atoms with van der Waals surface area (Å²) in [5, 5.41) is 6.53. The number of hydrogen-bond donors (Lipinski definition) is 1. The molecule has 6 nitrogen and oxygen atoms in total. The first-order valence-electron chi connectivity index (χ1n) is 11.6. The molecular formula is C28H25N3O3S3. The van der Waals surface area contributed by atoms with E-state index in [1.165, 1.54) is 20.5 Å². The summed E-state index contributed by atoms with van der Waals surface area (Å²) in [6.07, 6.45) is 0. The number of nitrogens with one attached hydrogen (secondary N) is 1. The van der Waals surface area contributed by atoms with Gasteiger partial charge >= 0.3 is 0 Å². The van der Waals surface area contributed by atoms with E-state index >= 15 is 0 Å². The lowest BCUT2D eigenvalue weighted by atomic mass is 10.1. The Labute approximate surface area is 224 Å². The van der Waals surface area contributed by atoms with Gasteiger partial charge in [-0.3, -0.25) is 9.10 Å². The number of carbonyl (C=O) groups excluding carboxylic acids is 1. The number of sulfonamides is 1. The number of thiophene rings is 1. The normalized spacial score (nSPS) is 11.5. The number of amides is 1. The van der Waals surface area contributed by atoms with Gasteiger partial charge in [-0.05, 0) is 61.5 Å². The average Bonchev–Trinajstić information content (AvgIpc) is 3.53. The monoisotopic (exact) mass is 547 g/mol. The van der Waals surface area contributed by atoms with Crippen molar-refractivity contribution in [1.29, 1.82) is 0 Å². The second-order valence-corrected chi connectivity index (χ2v) is 12.7. The van der Waals surface area contributed by atoms with E-state index in [1.54, 1.807) is 41.7 Å². The highest BCUT2D eigenvalue weighted by Gasteiger charge is 2.30. The van der Waals surface area contributed by atoms with Crippen LogP contribution in [0.25, 0.3) is 21.3 Å².